The summed E-state index contributed by atoms with van der Waals surface area (Å²) in [6.45, 7) is 3.95. The molecule has 2 aromatic carbocycles. The quantitative estimate of drug-likeness (QED) is 0.289. The van der Waals surface area contributed by atoms with E-state index < -0.39 is 46.2 Å². The number of carbonyl (C=O) groups excluding carboxylic acids is 1. The Balaban J connectivity index is 1.60. The van der Waals surface area contributed by atoms with Gasteiger partial charge in [-0.1, -0.05) is 0 Å². The Labute approximate surface area is 265 Å². The molecular weight excluding hydrogens is 639 g/mol. The zero-order valence-corrected chi connectivity index (χ0v) is 25.5. The lowest BCUT2D eigenvalue weighted by Gasteiger charge is -2.39. The van der Waals surface area contributed by atoms with Crippen molar-refractivity contribution in [3.63, 3.8) is 0 Å². The van der Waals surface area contributed by atoms with Gasteiger partial charge < -0.3 is 24.0 Å². The molecule has 1 amide bonds. The van der Waals surface area contributed by atoms with E-state index in [1.54, 1.807) is 4.90 Å². The highest BCUT2D eigenvalue weighted by molar-refractivity contribution is 6.01. The topological polar surface area (TPSA) is 80.3 Å². The predicted molar refractivity (Wildman–Crippen MR) is 156 cm³/mol. The molecule has 16 heteroatoms. The van der Waals surface area contributed by atoms with Gasteiger partial charge in [0.05, 0.1) is 49.2 Å². The van der Waals surface area contributed by atoms with Gasteiger partial charge in [-0.25, -0.2) is 9.37 Å². The van der Waals surface area contributed by atoms with Crippen molar-refractivity contribution < 1.29 is 49.7 Å². The van der Waals surface area contributed by atoms with Crippen LogP contribution in [0.1, 0.15) is 23.6 Å². The second kappa shape index (κ2) is 13.6. The number of morpholine rings is 2. The maximum Gasteiger partial charge on any atom is 0.416 e. The molecule has 1 unspecified atom stereocenters. The number of anilines is 2. The number of amides is 1. The molecule has 2 aliphatic rings. The Bertz CT molecular complexity index is 1530. The average molecular weight is 672 g/mol. The number of ether oxygens (including phenoxy) is 3. The van der Waals surface area contributed by atoms with Crippen molar-refractivity contribution in [2.75, 3.05) is 76.0 Å². The van der Waals surface area contributed by atoms with Crippen LogP contribution in [0, 0.1) is 5.82 Å². The Hall–Kier alpha value is -4.02. The Morgan fingerprint density at radius 2 is 1.40 bits per heavy atom. The molecule has 0 radical (unpaired) electrons. The van der Waals surface area contributed by atoms with Crippen LogP contribution in [0.15, 0.2) is 48.7 Å². The van der Waals surface area contributed by atoms with Crippen molar-refractivity contribution in [2.45, 2.75) is 24.7 Å². The van der Waals surface area contributed by atoms with E-state index in [4.69, 9.17) is 14.2 Å². The molecule has 5 rings (SSSR count). The van der Waals surface area contributed by atoms with Gasteiger partial charge in [-0.15, -0.1) is 0 Å². The lowest BCUT2D eigenvalue weighted by Crippen LogP contribution is -2.53. The van der Waals surface area contributed by atoms with Crippen LogP contribution >= 0.6 is 0 Å². The highest BCUT2D eigenvalue weighted by atomic mass is 19.4. The monoisotopic (exact) mass is 671 g/mol. The number of nitrogens with zero attached hydrogens (tertiary/aromatic N) is 5. The van der Waals surface area contributed by atoms with Gasteiger partial charge in [0.15, 0.2) is 0 Å². The Kier molecular flexibility index (Phi) is 9.94. The minimum absolute atomic E-state index is 0.0208. The first-order chi connectivity index (χ1) is 22.1. The average Bonchev–Trinajstić information content (AvgIpc) is 3.05. The Morgan fingerprint density at radius 3 is 1.96 bits per heavy atom. The summed E-state index contributed by atoms with van der Waals surface area (Å²) in [4.78, 5) is 28.0. The number of halogens is 7. The van der Waals surface area contributed by atoms with Gasteiger partial charge in [0.25, 0.3) is 0 Å². The summed E-state index contributed by atoms with van der Waals surface area (Å²) in [6, 6.07) is 6.16. The van der Waals surface area contributed by atoms with E-state index in [0.29, 0.717) is 51.5 Å². The summed E-state index contributed by atoms with van der Waals surface area (Å²) in [5.74, 6) is -1.12. The minimum Gasteiger partial charge on any atom is -0.437 e. The fraction of sp³-hybridized carbons (Fsp3) is 0.452. The maximum absolute atomic E-state index is 14.5. The number of carbonyl (C=O) groups is 1. The van der Waals surface area contributed by atoms with Crippen molar-refractivity contribution in [1.82, 2.24) is 14.9 Å². The number of alkyl halides is 6. The van der Waals surface area contributed by atoms with E-state index in [1.807, 2.05) is 4.90 Å². The highest BCUT2D eigenvalue weighted by Crippen LogP contribution is 2.41. The lowest BCUT2D eigenvalue weighted by molar-refractivity contribution is -0.143. The van der Waals surface area contributed by atoms with E-state index in [-0.39, 0.29) is 49.1 Å². The number of aromatic nitrogens is 2. The van der Waals surface area contributed by atoms with Crippen LogP contribution in [0.5, 0.6) is 11.6 Å². The zero-order valence-electron chi connectivity index (χ0n) is 25.5. The third-order valence-electron chi connectivity index (χ3n) is 8.05. The van der Waals surface area contributed by atoms with E-state index in [1.165, 1.54) is 32.3 Å². The van der Waals surface area contributed by atoms with E-state index in [0.717, 1.165) is 17.0 Å². The lowest BCUT2D eigenvalue weighted by atomic mass is 9.78. The van der Waals surface area contributed by atoms with Crippen LogP contribution in [-0.4, -0.2) is 87.0 Å². The maximum atomic E-state index is 14.5. The van der Waals surface area contributed by atoms with Gasteiger partial charge in [-0.05, 0) is 55.0 Å². The molecule has 2 fully saturated rings. The second-order valence-corrected chi connectivity index (χ2v) is 11.4. The molecule has 0 spiro atoms. The SMILES string of the molecule is CN(C(=O)C(C)(CN1CCOCC1)c1cc(C(F)(F)F)cc(C(F)(F)F)c1)c1cnc(N2CCOCC2)nc1Oc1ccc(F)cc1. The van der Waals surface area contributed by atoms with Crippen LogP contribution in [0.4, 0.5) is 42.4 Å². The molecule has 0 aliphatic carbocycles. The molecule has 3 aromatic rings. The third kappa shape index (κ3) is 7.93. The zero-order chi connectivity index (χ0) is 34.0. The first-order valence-electron chi connectivity index (χ1n) is 14.7. The Morgan fingerprint density at radius 1 is 0.872 bits per heavy atom. The summed E-state index contributed by atoms with van der Waals surface area (Å²) < 4.78 is 114. The van der Waals surface area contributed by atoms with Crippen LogP contribution < -0.4 is 14.5 Å². The molecule has 3 heterocycles. The van der Waals surface area contributed by atoms with Crippen LogP contribution in [0.3, 0.4) is 0 Å². The minimum atomic E-state index is -5.12. The number of rotatable bonds is 8. The van der Waals surface area contributed by atoms with Crippen molar-refractivity contribution in [1.29, 1.82) is 0 Å². The van der Waals surface area contributed by atoms with Gasteiger partial charge in [0, 0.05) is 39.8 Å². The fourth-order valence-electron chi connectivity index (χ4n) is 5.43. The molecule has 9 nitrogen and oxygen atoms in total. The molecule has 1 aromatic heterocycles. The van der Waals surface area contributed by atoms with Gasteiger partial charge in [0.2, 0.25) is 17.7 Å². The highest BCUT2D eigenvalue weighted by Gasteiger charge is 2.45. The largest absolute Gasteiger partial charge is 0.437 e. The standard InChI is InChI=1S/C31H32F7N5O4/c1-29(19-42-7-11-45-12-8-42,20-15-21(30(33,34)35)17-22(16-20)31(36,37)38)27(44)41(2)25-18-39-28(43-9-13-46-14-10-43)40-26(25)47-24-5-3-23(32)4-6-24/h3-6,15-18H,7-14,19H2,1-2H3. The second-order valence-electron chi connectivity index (χ2n) is 11.4. The van der Waals surface area contributed by atoms with E-state index in [9.17, 15) is 35.5 Å². The molecule has 2 saturated heterocycles. The van der Waals surface area contributed by atoms with E-state index in [2.05, 4.69) is 9.97 Å². The summed E-state index contributed by atoms with van der Waals surface area (Å²) in [5.41, 5.74) is -5.51. The van der Waals surface area contributed by atoms with Crippen molar-refractivity contribution >= 4 is 17.5 Å². The molecule has 0 saturated carbocycles. The number of hydrogen-bond acceptors (Lipinski definition) is 8. The van der Waals surface area contributed by atoms with Gasteiger partial charge >= 0.3 is 12.4 Å². The third-order valence-corrected chi connectivity index (χ3v) is 8.05. The molecular formula is C31H32F7N5O4. The molecule has 254 valence electrons. The number of likely N-dealkylation sites (N-methyl/N-ethyl adjacent to an activating group) is 1. The summed E-state index contributed by atoms with van der Waals surface area (Å²) in [7, 11) is 1.31. The van der Waals surface area contributed by atoms with E-state index >= 15 is 0 Å². The smallest absolute Gasteiger partial charge is 0.416 e. The molecule has 2 aliphatic heterocycles. The molecule has 0 N–H and O–H groups in total. The van der Waals surface area contributed by atoms with Crippen LogP contribution in [0.2, 0.25) is 0 Å². The molecule has 1 atom stereocenters. The predicted octanol–water partition coefficient (Wildman–Crippen LogP) is 5.54. The van der Waals surface area contributed by atoms with Crippen LogP contribution in [0.25, 0.3) is 0 Å². The number of hydrogen-bond donors (Lipinski definition) is 0. The van der Waals surface area contributed by atoms with Crippen molar-refractivity contribution in [3.8, 4) is 11.6 Å². The summed E-state index contributed by atoms with van der Waals surface area (Å²) >= 11 is 0. The molecule has 0 bridgehead atoms. The van der Waals surface area contributed by atoms with Crippen LogP contribution in [-0.2, 0) is 32.0 Å². The number of benzene rings is 2. The van der Waals surface area contributed by atoms with Crippen molar-refractivity contribution in [3.05, 3.63) is 71.2 Å². The first kappa shape index (κ1) is 34.3. The summed E-state index contributed by atoms with van der Waals surface area (Å²) in [5, 5.41) is 0. The van der Waals surface area contributed by atoms with Gasteiger partial charge in [0.1, 0.15) is 17.3 Å². The first-order valence-corrected chi connectivity index (χ1v) is 14.7. The van der Waals surface area contributed by atoms with Crippen molar-refractivity contribution in [2.24, 2.45) is 0 Å². The van der Waals surface area contributed by atoms with Gasteiger partial charge in [-0.2, -0.15) is 31.3 Å². The summed E-state index contributed by atoms with van der Waals surface area (Å²) in [6.07, 6.45) is -8.95. The normalized spacial score (nSPS) is 17.7. The fourth-order valence-corrected chi connectivity index (χ4v) is 5.43. The van der Waals surface area contributed by atoms with Gasteiger partial charge in [-0.3, -0.25) is 9.69 Å². The molecule has 47 heavy (non-hydrogen) atoms.